The van der Waals surface area contributed by atoms with Crippen molar-refractivity contribution < 1.29 is 19.0 Å². The molecule has 1 unspecified atom stereocenters. The third-order valence-electron chi connectivity index (χ3n) is 5.13. The van der Waals surface area contributed by atoms with Gasteiger partial charge in [0.05, 0.1) is 25.3 Å². The van der Waals surface area contributed by atoms with Gasteiger partial charge in [-0.1, -0.05) is 6.08 Å². The number of carbonyl (C=O) groups excluding carboxylic acids is 1. The fourth-order valence-corrected chi connectivity index (χ4v) is 3.57. The summed E-state index contributed by atoms with van der Waals surface area (Å²) in [6.07, 6.45) is 7.72. The number of carbonyl (C=O) groups is 1. The number of fused-ring (bicyclic) bond motifs is 1. The Bertz CT molecular complexity index is 854. The van der Waals surface area contributed by atoms with Crippen LogP contribution in [0, 0.1) is 0 Å². The van der Waals surface area contributed by atoms with Gasteiger partial charge in [-0.3, -0.25) is 0 Å². The van der Waals surface area contributed by atoms with E-state index in [0.717, 1.165) is 25.0 Å². The molecule has 3 rings (SSSR count). The van der Waals surface area contributed by atoms with Crippen molar-refractivity contribution in [1.29, 1.82) is 0 Å². The first-order valence-corrected chi connectivity index (χ1v) is 9.35. The molecule has 1 aromatic rings. The molecular formula is C22H28N2O4. The lowest BCUT2D eigenvalue weighted by Gasteiger charge is -2.31. The predicted molar refractivity (Wildman–Crippen MR) is 109 cm³/mol. The van der Waals surface area contributed by atoms with Gasteiger partial charge in [-0.05, 0) is 63.7 Å². The van der Waals surface area contributed by atoms with Crippen LogP contribution in [-0.4, -0.2) is 51.3 Å². The molecule has 1 aliphatic carbocycles. The van der Waals surface area contributed by atoms with Crippen LogP contribution in [0.15, 0.2) is 53.5 Å². The first-order valence-electron chi connectivity index (χ1n) is 9.35. The minimum atomic E-state index is -0.420. The molecule has 28 heavy (non-hydrogen) atoms. The standard InChI is InChI=1S/C22H28N2O4/c1-22-11-6-7-18(20(22)16(14-23-22)10-12-24(2)3)28-21(25)15-8-9-17(26-4)19(13-15)27-5/h6-9,13-14,23H,10-12H2,1-5H3. The monoisotopic (exact) mass is 384 g/mol. The van der Waals surface area contributed by atoms with E-state index in [1.807, 2.05) is 12.2 Å². The van der Waals surface area contributed by atoms with Crippen LogP contribution in [0.25, 0.3) is 0 Å². The highest BCUT2D eigenvalue weighted by molar-refractivity contribution is 5.91. The zero-order valence-electron chi connectivity index (χ0n) is 17.2. The molecule has 0 bridgehead atoms. The number of benzene rings is 1. The van der Waals surface area contributed by atoms with Crippen molar-refractivity contribution in [2.45, 2.75) is 25.3 Å². The van der Waals surface area contributed by atoms with E-state index in [4.69, 9.17) is 14.2 Å². The molecule has 150 valence electrons. The lowest BCUT2D eigenvalue weighted by atomic mass is 9.82. The summed E-state index contributed by atoms with van der Waals surface area (Å²) in [5.41, 5.74) is 2.40. The summed E-state index contributed by atoms with van der Waals surface area (Å²) in [6, 6.07) is 5.01. The van der Waals surface area contributed by atoms with Crippen molar-refractivity contribution in [3.63, 3.8) is 0 Å². The summed E-state index contributed by atoms with van der Waals surface area (Å²) < 4.78 is 16.4. The second kappa shape index (κ2) is 8.10. The molecule has 1 aromatic carbocycles. The third kappa shape index (κ3) is 3.92. The zero-order chi connectivity index (χ0) is 20.3. The lowest BCUT2D eigenvalue weighted by molar-refractivity contribution is 0.0629. The number of methoxy groups -OCH3 is 2. The molecule has 0 fully saturated rings. The van der Waals surface area contributed by atoms with Crippen LogP contribution in [0.1, 0.15) is 30.1 Å². The lowest BCUT2D eigenvalue weighted by Crippen LogP contribution is -2.38. The Kier molecular flexibility index (Phi) is 5.79. The summed E-state index contributed by atoms with van der Waals surface area (Å²) >= 11 is 0. The maximum absolute atomic E-state index is 12.8. The average Bonchev–Trinajstić information content (AvgIpc) is 3.03. The molecule has 1 N–H and O–H groups in total. The van der Waals surface area contributed by atoms with Crippen LogP contribution in [0.2, 0.25) is 0 Å². The summed E-state index contributed by atoms with van der Waals surface area (Å²) in [5.74, 6) is 1.24. The molecule has 0 radical (unpaired) electrons. The van der Waals surface area contributed by atoms with Crippen molar-refractivity contribution in [2.24, 2.45) is 0 Å². The molecule has 0 spiro atoms. The van der Waals surface area contributed by atoms with Gasteiger partial charge in [0.1, 0.15) is 5.76 Å². The molecule has 6 heteroatoms. The van der Waals surface area contributed by atoms with Crippen LogP contribution in [0.5, 0.6) is 11.5 Å². The third-order valence-corrected chi connectivity index (χ3v) is 5.13. The van der Waals surface area contributed by atoms with Gasteiger partial charge in [0.2, 0.25) is 0 Å². The van der Waals surface area contributed by atoms with Gasteiger partial charge in [-0.15, -0.1) is 0 Å². The number of nitrogens with zero attached hydrogens (tertiary/aromatic N) is 1. The van der Waals surface area contributed by atoms with Crippen molar-refractivity contribution in [3.05, 3.63) is 59.0 Å². The van der Waals surface area contributed by atoms with Crippen LogP contribution in [0.3, 0.4) is 0 Å². The van der Waals surface area contributed by atoms with Crippen molar-refractivity contribution >= 4 is 5.97 Å². The van der Waals surface area contributed by atoms with Crippen molar-refractivity contribution in [2.75, 3.05) is 34.9 Å². The van der Waals surface area contributed by atoms with Crippen LogP contribution in [-0.2, 0) is 4.74 Å². The Morgan fingerprint density at radius 3 is 2.64 bits per heavy atom. The van der Waals surface area contributed by atoms with Crippen LogP contribution >= 0.6 is 0 Å². The Morgan fingerprint density at radius 1 is 1.21 bits per heavy atom. The van der Waals surface area contributed by atoms with Gasteiger partial charge in [0.15, 0.2) is 11.5 Å². The summed E-state index contributed by atoms with van der Waals surface area (Å²) in [6.45, 7) is 3.06. The molecule has 1 heterocycles. The highest BCUT2D eigenvalue weighted by atomic mass is 16.5. The van der Waals surface area contributed by atoms with E-state index in [2.05, 4.69) is 37.4 Å². The highest BCUT2D eigenvalue weighted by Crippen LogP contribution is 2.40. The quantitative estimate of drug-likeness (QED) is 0.728. The zero-order valence-corrected chi connectivity index (χ0v) is 17.2. The largest absolute Gasteiger partial charge is 0.493 e. The first kappa shape index (κ1) is 20.0. The molecule has 1 aliphatic heterocycles. The Morgan fingerprint density at radius 2 is 1.96 bits per heavy atom. The summed E-state index contributed by atoms with van der Waals surface area (Å²) in [5, 5.41) is 3.47. The van der Waals surface area contributed by atoms with Gasteiger partial charge in [0, 0.05) is 18.3 Å². The van der Waals surface area contributed by atoms with Crippen molar-refractivity contribution in [1.82, 2.24) is 10.2 Å². The fourth-order valence-electron chi connectivity index (χ4n) is 3.57. The van der Waals surface area contributed by atoms with E-state index >= 15 is 0 Å². The number of nitrogens with one attached hydrogen (secondary N) is 1. The molecule has 1 atom stereocenters. The Labute approximate surface area is 166 Å². The molecule has 0 saturated heterocycles. The van der Waals surface area contributed by atoms with E-state index in [9.17, 15) is 4.79 Å². The summed E-state index contributed by atoms with van der Waals surface area (Å²) in [4.78, 5) is 15.0. The van der Waals surface area contributed by atoms with E-state index in [-0.39, 0.29) is 5.54 Å². The van der Waals surface area contributed by atoms with Gasteiger partial charge in [0.25, 0.3) is 0 Å². The minimum absolute atomic E-state index is 0.246. The smallest absolute Gasteiger partial charge is 0.343 e. The SMILES string of the molecule is COc1ccc(C(=O)OC2=C3C(CCN(C)C)=CNC3(C)CC=C2)cc1OC. The maximum atomic E-state index is 12.8. The molecule has 2 aliphatic rings. The maximum Gasteiger partial charge on any atom is 0.343 e. The second-order valence-corrected chi connectivity index (χ2v) is 7.50. The van der Waals surface area contributed by atoms with E-state index in [1.165, 1.54) is 5.57 Å². The number of hydrogen-bond donors (Lipinski definition) is 1. The molecule has 0 saturated carbocycles. The minimum Gasteiger partial charge on any atom is -0.493 e. The summed E-state index contributed by atoms with van der Waals surface area (Å²) in [7, 11) is 7.20. The second-order valence-electron chi connectivity index (χ2n) is 7.50. The van der Waals surface area contributed by atoms with E-state index < -0.39 is 5.97 Å². The van der Waals surface area contributed by atoms with E-state index in [1.54, 1.807) is 32.4 Å². The molecule has 6 nitrogen and oxygen atoms in total. The van der Waals surface area contributed by atoms with Crippen LogP contribution < -0.4 is 14.8 Å². The molecular weight excluding hydrogens is 356 g/mol. The number of allylic oxidation sites excluding steroid dienone is 1. The number of rotatable bonds is 7. The molecule has 0 aromatic heterocycles. The van der Waals surface area contributed by atoms with Crippen molar-refractivity contribution in [3.8, 4) is 11.5 Å². The first-order chi connectivity index (χ1) is 13.4. The van der Waals surface area contributed by atoms with Gasteiger partial charge >= 0.3 is 5.97 Å². The van der Waals surface area contributed by atoms with Gasteiger partial charge < -0.3 is 24.4 Å². The average molecular weight is 384 g/mol. The van der Waals surface area contributed by atoms with E-state index in [0.29, 0.717) is 22.8 Å². The fraction of sp³-hybridized carbons (Fsp3) is 0.409. The molecule has 0 amide bonds. The number of esters is 1. The Hall–Kier alpha value is -2.73. The van der Waals surface area contributed by atoms with Gasteiger partial charge in [-0.25, -0.2) is 4.79 Å². The van der Waals surface area contributed by atoms with Gasteiger partial charge in [-0.2, -0.15) is 0 Å². The predicted octanol–water partition coefficient (Wildman–Crippen LogP) is 3.27. The number of hydrogen-bond acceptors (Lipinski definition) is 6. The highest BCUT2D eigenvalue weighted by Gasteiger charge is 2.39. The van der Waals surface area contributed by atoms with Crippen LogP contribution in [0.4, 0.5) is 0 Å². The number of ether oxygens (including phenoxy) is 3. The normalized spacial score (nSPS) is 20.6. The Balaban J connectivity index is 1.88. The topological polar surface area (TPSA) is 60.0 Å².